The van der Waals surface area contributed by atoms with Gasteiger partial charge in [-0.2, -0.15) is 0 Å². The molecule has 1 spiro atoms. The topological polar surface area (TPSA) is 64.1 Å². The summed E-state index contributed by atoms with van der Waals surface area (Å²) < 4.78 is 17.4. The summed E-state index contributed by atoms with van der Waals surface area (Å²) >= 11 is 0. The monoisotopic (exact) mass is 523 g/mol. The molecule has 0 N–H and O–H groups in total. The maximum Gasteiger partial charge on any atom is 0.308 e. The predicted octanol–water partition coefficient (Wildman–Crippen LogP) is 4.81. The lowest BCUT2D eigenvalue weighted by atomic mass is 9.89. The third-order valence-electron chi connectivity index (χ3n) is 7.36. The van der Waals surface area contributed by atoms with Crippen molar-refractivity contribution in [1.29, 1.82) is 0 Å². The molecule has 3 heterocycles. The second-order valence-electron chi connectivity index (χ2n) is 11.6. The maximum absolute atomic E-state index is 11.8. The fourth-order valence-electron chi connectivity index (χ4n) is 5.30. The van der Waals surface area contributed by atoms with Crippen LogP contribution in [0.4, 0.5) is 5.82 Å². The van der Waals surface area contributed by atoms with Crippen molar-refractivity contribution >= 4 is 11.8 Å². The first-order chi connectivity index (χ1) is 18.2. The number of pyridine rings is 1. The van der Waals surface area contributed by atoms with Gasteiger partial charge < -0.3 is 19.1 Å². The molecule has 0 atom stereocenters. The van der Waals surface area contributed by atoms with E-state index in [4.69, 9.17) is 14.2 Å². The van der Waals surface area contributed by atoms with Crippen LogP contribution in [0.25, 0.3) is 0 Å². The van der Waals surface area contributed by atoms with Crippen LogP contribution < -0.4 is 4.90 Å². The molecule has 7 nitrogen and oxygen atoms in total. The molecule has 0 saturated carbocycles. The van der Waals surface area contributed by atoms with Gasteiger partial charge >= 0.3 is 5.97 Å². The van der Waals surface area contributed by atoms with Crippen LogP contribution >= 0.6 is 0 Å². The minimum absolute atomic E-state index is 0.0723. The number of rotatable bonds is 10. The van der Waals surface area contributed by atoms with Gasteiger partial charge in [0.1, 0.15) is 11.4 Å². The van der Waals surface area contributed by atoms with Crippen LogP contribution in [0.5, 0.6) is 0 Å². The second-order valence-corrected chi connectivity index (χ2v) is 11.6. The highest BCUT2D eigenvalue weighted by atomic mass is 16.6. The molecule has 1 aromatic carbocycles. The zero-order chi connectivity index (χ0) is 27.0. The molecule has 0 unspecified atom stereocenters. The summed E-state index contributed by atoms with van der Waals surface area (Å²) in [6, 6.07) is 13.1. The minimum atomic E-state index is -0.450. The van der Waals surface area contributed by atoms with E-state index in [1.807, 2.05) is 27.0 Å². The zero-order valence-corrected chi connectivity index (χ0v) is 23.7. The van der Waals surface area contributed by atoms with Crippen LogP contribution in [0.2, 0.25) is 0 Å². The van der Waals surface area contributed by atoms with E-state index in [9.17, 15) is 4.79 Å². The van der Waals surface area contributed by atoms with Crippen LogP contribution in [-0.2, 0) is 38.4 Å². The molecule has 2 fully saturated rings. The Kier molecular flexibility index (Phi) is 9.80. The summed E-state index contributed by atoms with van der Waals surface area (Å²) in [7, 11) is 0. The first-order valence-corrected chi connectivity index (χ1v) is 14.2. The Morgan fingerprint density at radius 3 is 2.61 bits per heavy atom. The number of aromatic nitrogens is 1. The van der Waals surface area contributed by atoms with E-state index in [-0.39, 0.29) is 18.0 Å². The highest BCUT2D eigenvalue weighted by molar-refractivity contribution is 5.69. The number of hydrogen-bond donors (Lipinski definition) is 0. The Morgan fingerprint density at radius 2 is 1.84 bits per heavy atom. The quantitative estimate of drug-likeness (QED) is 0.327. The number of aryl methyl sites for hydroxylation is 1. The van der Waals surface area contributed by atoms with E-state index in [1.165, 1.54) is 16.7 Å². The van der Waals surface area contributed by atoms with Crippen molar-refractivity contribution in [3.8, 4) is 0 Å². The number of benzene rings is 1. The van der Waals surface area contributed by atoms with Crippen LogP contribution in [0, 0.1) is 0 Å². The Hall–Kier alpha value is -2.48. The van der Waals surface area contributed by atoms with E-state index in [2.05, 4.69) is 58.1 Å². The number of morpholine rings is 1. The van der Waals surface area contributed by atoms with Gasteiger partial charge in [0.2, 0.25) is 0 Å². The average Bonchev–Trinajstić information content (AvgIpc) is 2.89. The molecule has 7 heteroatoms. The van der Waals surface area contributed by atoms with Gasteiger partial charge in [-0.25, -0.2) is 4.98 Å². The number of carbonyl (C=O) groups excluding carboxylic acids is 1. The predicted molar refractivity (Wildman–Crippen MR) is 150 cm³/mol. The lowest BCUT2D eigenvalue weighted by Gasteiger charge is -2.47. The van der Waals surface area contributed by atoms with Crippen LogP contribution in [-0.4, -0.2) is 73.1 Å². The Balaban J connectivity index is 1.20. The van der Waals surface area contributed by atoms with E-state index < -0.39 is 5.60 Å². The summed E-state index contributed by atoms with van der Waals surface area (Å²) in [6.45, 7) is 14.4. The molecular formula is C31H45N3O4. The Labute approximate surface area is 228 Å². The number of esters is 1. The fraction of sp³-hybridized carbons (Fsp3) is 0.613. The first kappa shape index (κ1) is 28.5. The molecule has 2 aliphatic heterocycles. The minimum Gasteiger partial charge on any atom is -0.460 e. The third-order valence-corrected chi connectivity index (χ3v) is 7.36. The molecule has 38 heavy (non-hydrogen) atoms. The lowest BCUT2D eigenvalue weighted by Crippen LogP contribution is -2.57. The second kappa shape index (κ2) is 13.0. The van der Waals surface area contributed by atoms with Crippen molar-refractivity contribution in [3.63, 3.8) is 0 Å². The van der Waals surface area contributed by atoms with Crippen molar-refractivity contribution in [3.05, 3.63) is 59.3 Å². The van der Waals surface area contributed by atoms with Crippen molar-refractivity contribution < 1.29 is 19.0 Å². The van der Waals surface area contributed by atoms with Gasteiger partial charge in [0, 0.05) is 38.9 Å². The Morgan fingerprint density at radius 1 is 1.05 bits per heavy atom. The Bertz CT molecular complexity index is 1040. The van der Waals surface area contributed by atoms with Gasteiger partial charge in [0.15, 0.2) is 0 Å². The van der Waals surface area contributed by atoms with E-state index in [0.29, 0.717) is 13.2 Å². The number of hydrogen-bond acceptors (Lipinski definition) is 7. The standard InChI is InChI=1S/C31H45N3O4/c1-5-25-9-14-32-28(22-25)34-17-20-37-31(24-34)12-15-33(16-13-31)23-27-8-6-7-26(21-27)10-18-36-19-11-29(35)38-30(2,3)4/h6-9,14,21-22H,5,10-13,15-20,23-24H2,1-4H3. The molecule has 208 valence electrons. The van der Waals surface area contributed by atoms with Gasteiger partial charge in [0.05, 0.1) is 31.8 Å². The summed E-state index contributed by atoms with van der Waals surface area (Å²) in [5.74, 6) is 0.872. The number of ether oxygens (including phenoxy) is 3. The van der Waals surface area contributed by atoms with Gasteiger partial charge in [-0.15, -0.1) is 0 Å². The van der Waals surface area contributed by atoms with E-state index in [0.717, 1.165) is 70.8 Å². The molecular weight excluding hydrogens is 478 g/mol. The molecule has 2 aliphatic rings. The van der Waals surface area contributed by atoms with Gasteiger partial charge in [0.25, 0.3) is 0 Å². The largest absolute Gasteiger partial charge is 0.460 e. The van der Waals surface area contributed by atoms with Gasteiger partial charge in [-0.1, -0.05) is 31.2 Å². The number of nitrogens with zero attached hydrogens (tertiary/aromatic N) is 3. The molecule has 2 saturated heterocycles. The molecule has 0 amide bonds. The first-order valence-electron chi connectivity index (χ1n) is 14.2. The van der Waals surface area contributed by atoms with Crippen molar-refractivity contribution in [2.45, 2.75) is 77.5 Å². The molecule has 0 radical (unpaired) electrons. The fourth-order valence-corrected chi connectivity index (χ4v) is 5.30. The number of carbonyl (C=O) groups is 1. The molecule has 2 aromatic rings. The molecule has 0 aliphatic carbocycles. The van der Waals surface area contributed by atoms with Crippen LogP contribution in [0.1, 0.15) is 63.6 Å². The average molecular weight is 524 g/mol. The normalized spacial score (nSPS) is 18.1. The SMILES string of the molecule is CCc1ccnc(N2CCOC3(CCN(Cc4cccc(CCOCCC(=O)OC(C)(C)C)c4)CC3)C2)c1. The molecule has 4 rings (SSSR count). The summed E-state index contributed by atoms with van der Waals surface area (Å²) in [5, 5.41) is 0. The van der Waals surface area contributed by atoms with Crippen molar-refractivity contribution in [2.75, 3.05) is 50.9 Å². The van der Waals surface area contributed by atoms with Crippen molar-refractivity contribution in [2.24, 2.45) is 0 Å². The summed E-state index contributed by atoms with van der Waals surface area (Å²) in [6.07, 6.45) is 6.18. The third kappa shape index (κ3) is 8.52. The molecule has 0 bridgehead atoms. The number of anilines is 1. The highest BCUT2D eigenvalue weighted by Gasteiger charge is 2.40. The smallest absolute Gasteiger partial charge is 0.308 e. The number of piperidine rings is 1. The highest BCUT2D eigenvalue weighted by Crippen LogP contribution is 2.32. The van der Waals surface area contributed by atoms with Gasteiger partial charge in [-0.3, -0.25) is 9.69 Å². The maximum atomic E-state index is 11.8. The summed E-state index contributed by atoms with van der Waals surface area (Å²) in [4.78, 5) is 21.4. The van der Waals surface area contributed by atoms with E-state index in [1.54, 1.807) is 0 Å². The number of likely N-dealkylation sites (tertiary alicyclic amines) is 1. The van der Waals surface area contributed by atoms with Crippen molar-refractivity contribution in [1.82, 2.24) is 9.88 Å². The van der Waals surface area contributed by atoms with Crippen LogP contribution in [0.15, 0.2) is 42.6 Å². The lowest BCUT2D eigenvalue weighted by molar-refractivity contribution is -0.156. The van der Waals surface area contributed by atoms with Crippen LogP contribution in [0.3, 0.4) is 0 Å². The van der Waals surface area contributed by atoms with E-state index >= 15 is 0 Å². The van der Waals surface area contributed by atoms with Gasteiger partial charge in [-0.05, 0) is 75.3 Å². The zero-order valence-electron chi connectivity index (χ0n) is 23.7. The summed E-state index contributed by atoms with van der Waals surface area (Å²) in [5.41, 5.74) is 3.41. The molecule has 1 aromatic heterocycles.